The number of hydrogen-bond donors (Lipinski definition) is 2. The highest BCUT2D eigenvalue weighted by Gasteiger charge is 2.19. The number of nitrogens with one attached hydrogen (secondary N) is 1. The van der Waals surface area contributed by atoms with Crippen LogP contribution in [0.3, 0.4) is 0 Å². The third-order valence-electron chi connectivity index (χ3n) is 3.43. The van der Waals surface area contributed by atoms with Crippen molar-refractivity contribution in [3.8, 4) is 0 Å². The minimum absolute atomic E-state index is 0.281. The Kier molecular flexibility index (Phi) is 5.02. The van der Waals surface area contributed by atoms with Crippen LogP contribution in [-0.4, -0.2) is 27.6 Å². The lowest BCUT2D eigenvalue weighted by Crippen LogP contribution is -2.27. The van der Waals surface area contributed by atoms with Crippen LogP contribution in [-0.2, 0) is 16.6 Å². The summed E-state index contributed by atoms with van der Waals surface area (Å²) >= 11 is 0. The van der Waals surface area contributed by atoms with Gasteiger partial charge < -0.3 is 11.1 Å². The molecular formula is C16H19N3O3S. The first-order valence-corrected chi connectivity index (χ1v) is 8.81. The van der Waals surface area contributed by atoms with Crippen LogP contribution in [0.1, 0.15) is 15.9 Å². The molecule has 2 aromatic rings. The second-order valence-electron chi connectivity index (χ2n) is 5.10. The summed E-state index contributed by atoms with van der Waals surface area (Å²) in [6.45, 7) is 0.427. The van der Waals surface area contributed by atoms with E-state index in [0.717, 1.165) is 16.1 Å². The van der Waals surface area contributed by atoms with Crippen LogP contribution >= 0.6 is 0 Å². The molecule has 0 fully saturated rings. The average molecular weight is 333 g/mol. The van der Waals surface area contributed by atoms with E-state index in [2.05, 4.69) is 5.32 Å². The van der Waals surface area contributed by atoms with Crippen LogP contribution in [0.5, 0.6) is 0 Å². The molecule has 0 aliphatic carbocycles. The molecule has 0 saturated heterocycles. The van der Waals surface area contributed by atoms with Crippen molar-refractivity contribution >= 4 is 27.3 Å². The number of amides is 1. The molecule has 0 saturated carbocycles. The van der Waals surface area contributed by atoms with Crippen LogP contribution < -0.4 is 15.4 Å². The molecule has 0 heterocycles. The molecule has 2 rings (SSSR count). The third kappa shape index (κ3) is 4.08. The molecule has 6 nitrogen and oxygen atoms in total. The Bertz CT molecular complexity index is 802. The second-order valence-corrected chi connectivity index (χ2v) is 7.12. The maximum atomic E-state index is 12.5. The second kappa shape index (κ2) is 6.80. The van der Waals surface area contributed by atoms with E-state index in [1.54, 1.807) is 36.4 Å². The lowest BCUT2D eigenvalue weighted by molar-refractivity contribution is 0.102. The van der Waals surface area contributed by atoms with Gasteiger partial charge in [-0.3, -0.25) is 9.10 Å². The predicted molar refractivity (Wildman–Crippen MR) is 92.0 cm³/mol. The molecule has 7 heteroatoms. The van der Waals surface area contributed by atoms with Crippen molar-refractivity contribution in [3.05, 3.63) is 59.7 Å². The summed E-state index contributed by atoms with van der Waals surface area (Å²) in [5.74, 6) is -0.378. The fourth-order valence-corrected chi connectivity index (χ4v) is 2.56. The van der Waals surface area contributed by atoms with Gasteiger partial charge in [-0.25, -0.2) is 8.42 Å². The first kappa shape index (κ1) is 17.0. The van der Waals surface area contributed by atoms with E-state index in [1.807, 2.05) is 12.1 Å². The molecule has 122 valence electrons. The Balaban J connectivity index is 2.29. The Hall–Kier alpha value is -2.38. The highest BCUT2D eigenvalue weighted by molar-refractivity contribution is 7.92. The summed E-state index contributed by atoms with van der Waals surface area (Å²) in [7, 11) is -2.04. The quantitative estimate of drug-likeness (QED) is 0.872. The molecule has 1 amide bonds. The Morgan fingerprint density at radius 1 is 1.13 bits per heavy atom. The molecule has 0 aromatic heterocycles. The largest absolute Gasteiger partial charge is 0.326 e. The number of hydrogen-bond acceptors (Lipinski definition) is 4. The van der Waals surface area contributed by atoms with E-state index in [4.69, 9.17) is 5.73 Å². The van der Waals surface area contributed by atoms with Gasteiger partial charge in [0, 0.05) is 19.3 Å². The van der Waals surface area contributed by atoms with Crippen LogP contribution in [0.2, 0.25) is 0 Å². The minimum atomic E-state index is -3.45. The van der Waals surface area contributed by atoms with Gasteiger partial charge in [0.15, 0.2) is 0 Å². The van der Waals surface area contributed by atoms with Gasteiger partial charge >= 0.3 is 0 Å². The van der Waals surface area contributed by atoms with Gasteiger partial charge in [0.2, 0.25) is 10.0 Å². The minimum Gasteiger partial charge on any atom is -0.326 e. The van der Waals surface area contributed by atoms with Crippen LogP contribution in [0.4, 0.5) is 11.4 Å². The smallest absolute Gasteiger partial charge is 0.257 e. The van der Waals surface area contributed by atoms with Gasteiger partial charge in [0.1, 0.15) is 0 Å². The number of benzene rings is 2. The summed E-state index contributed by atoms with van der Waals surface area (Å²) in [6, 6.07) is 13.7. The Morgan fingerprint density at radius 3 is 2.30 bits per heavy atom. The van der Waals surface area contributed by atoms with Crippen LogP contribution in [0.25, 0.3) is 0 Å². The monoisotopic (exact) mass is 333 g/mol. The normalized spacial score (nSPS) is 11.1. The van der Waals surface area contributed by atoms with Gasteiger partial charge in [-0.05, 0) is 29.8 Å². The van der Waals surface area contributed by atoms with Crippen molar-refractivity contribution in [2.24, 2.45) is 5.73 Å². The third-order valence-corrected chi connectivity index (χ3v) is 4.62. The Morgan fingerprint density at radius 2 is 1.74 bits per heavy atom. The molecule has 0 aliphatic heterocycles. The van der Waals surface area contributed by atoms with Gasteiger partial charge in [-0.15, -0.1) is 0 Å². The number of rotatable bonds is 5. The van der Waals surface area contributed by atoms with Crippen molar-refractivity contribution in [2.45, 2.75) is 6.54 Å². The standard InChI is InChI=1S/C16H19N3O3S/c1-19(23(2,21)22)15-6-4-3-5-14(15)16(20)18-13-9-7-12(11-17)8-10-13/h3-10H,11,17H2,1-2H3,(H,18,20). The number of nitrogens with zero attached hydrogens (tertiary/aromatic N) is 1. The first-order valence-electron chi connectivity index (χ1n) is 6.96. The zero-order valence-corrected chi connectivity index (χ0v) is 13.8. The van der Waals surface area contributed by atoms with Gasteiger partial charge in [0.25, 0.3) is 5.91 Å². The maximum Gasteiger partial charge on any atom is 0.257 e. The molecule has 0 unspecified atom stereocenters. The number of nitrogens with two attached hydrogens (primary N) is 1. The molecule has 0 bridgehead atoms. The van der Waals surface area contributed by atoms with E-state index >= 15 is 0 Å². The fraction of sp³-hybridized carbons (Fsp3) is 0.188. The number of anilines is 2. The molecule has 0 radical (unpaired) electrons. The average Bonchev–Trinajstić information content (AvgIpc) is 2.54. The van der Waals surface area contributed by atoms with Gasteiger partial charge in [0.05, 0.1) is 17.5 Å². The van der Waals surface area contributed by atoms with E-state index < -0.39 is 10.0 Å². The SMILES string of the molecule is CN(c1ccccc1C(=O)Nc1ccc(CN)cc1)S(C)(=O)=O. The highest BCUT2D eigenvalue weighted by atomic mass is 32.2. The molecule has 0 atom stereocenters. The predicted octanol–water partition coefficient (Wildman–Crippen LogP) is 1.79. The summed E-state index contributed by atoms with van der Waals surface area (Å²) in [4.78, 5) is 12.5. The molecule has 0 aliphatic rings. The first-order chi connectivity index (χ1) is 10.8. The van der Waals surface area contributed by atoms with E-state index in [0.29, 0.717) is 17.9 Å². The zero-order chi connectivity index (χ0) is 17.0. The van der Waals surface area contributed by atoms with Crippen molar-refractivity contribution in [3.63, 3.8) is 0 Å². The van der Waals surface area contributed by atoms with Crippen molar-refractivity contribution < 1.29 is 13.2 Å². The van der Waals surface area contributed by atoms with Gasteiger partial charge in [-0.1, -0.05) is 24.3 Å². The summed E-state index contributed by atoms with van der Waals surface area (Å²) in [6.07, 6.45) is 1.09. The van der Waals surface area contributed by atoms with Crippen molar-refractivity contribution in [1.82, 2.24) is 0 Å². The lowest BCUT2D eigenvalue weighted by atomic mass is 10.1. The number of sulfonamides is 1. The summed E-state index contributed by atoms with van der Waals surface area (Å²) in [5, 5.41) is 2.75. The molecular weight excluding hydrogens is 314 g/mol. The zero-order valence-electron chi connectivity index (χ0n) is 13.0. The number of para-hydroxylation sites is 1. The fourth-order valence-electron chi connectivity index (χ4n) is 2.04. The van der Waals surface area contributed by atoms with Crippen molar-refractivity contribution in [1.29, 1.82) is 0 Å². The lowest BCUT2D eigenvalue weighted by Gasteiger charge is -2.19. The van der Waals surface area contributed by atoms with E-state index in [9.17, 15) is 13.2 Å². The molecule has 23 heavy (non-hydrogen) atoms. The number of carbonyl (C=O) groups excluding carboxylic acids is 1. The van der Waals surface area contributed by atoms with Crippen LogP contribution in [0, 0.1) is 0 Å². The molecule has 0 spiro atoms. The van der Waals surface area contributed by atoms with E-state index in [1.165, 1.54) is 7.05 Å². The highest BCUT2D eigenvalue weighted by Crippen LogP contribution is 2.22. The van der Waals surface area contributed by atoms with Gasteiger partial charge in [-0.2, -0.15) is 0 Å². The summed E-state index contributed by atoms with van der Waals surface area (Å²) in [5.41, 5.74) is 7.72. The molecule has 2 aromatic carbocycles. The van der Waals surface area contributed by atoms with Crippen LogP contribution in [0.15, 0.2) is 48.5 Å². The van der Waals surface area contributed by atoms with Crippen molar-refractivity contribution in [2.75, 3.05) is 22.9 Å². The number of carbonyl (C=O) groups is 1. The Labute approximate surface area is 136 Å². The summed E-state index contributed by atoms with van der Waals surface area (Å²) < 4.78 is 24.5. The van der Waals surface area contributed by atoms with E-state index in [-0.39, 0.29) is 11.5 Å². The topological polar surface area (TPSA) is 92.5 Å². The molecule has 3 N–H and O–H groups in total. The maximum absolute atomic E-state index is 12.5.